The van der Waals surface area contributed by atoms with Gasteiger partial charge in [-0.1, -0.05) is 69.5 Å². The van der Waals surface area contributed by atoms with Crippen LogP contribution in [0.4, 0.5) is 0 Å². The molecular weight excluding hydrogens is 450 g/mol. The first-order chi connectivity index (χ1) is 14.1. The Bertz CT molecular complexity index is 927. The van der Waals surface area contributed by atoms with Crippen LogP contribution >= 0.6 is 27.5 Å². The number of hydrogen-bond donors (Lipinski definition) is 1. The van der Waals surface area contributed by atoms with Crippen LogP contribution in [0.25, 0.3) is 0 Å². The minimum absolute atomic E-state index is 0.491. The molecule has 0 amide bonds. The fourth-order valence-corrected chi connectivity index (χ4v) is 3.58. The molecule has 0 spiro atoms. The molecule has 5 heteroatoms. The van der Waals surface area contributed by atoms with Crippen molar-refractivity contribution in [1.29, 1.82) is 0 Å². The molecule has 0 aliphatic carbocycles. The molecule has 3 aromatic carbocycles. The van der Waals surface area contributed by atoms with Crippen LogP contribution in [0.3, 0.4) is 0 Å². The quantitative estimate of drug-likeness (QED) is 0.368. The zero-order valence-electron chi connectivity index (χ0n) is 16.7. The van der Waals surface area contributed by atoms with Crippen molar-refractivity contribution in [3.8, 4) is 11.5 Å². The highest BCUT2D eigenvalue weighted by Gasteiger charge is 2.14. The van der Waals surface area contributed by atoms with Crippen molar-refractivity contribution in [1.82, 2.24) is 5.32 Å². The Morgan fingerprint density at radius 1 is 0.931 bits per heavy atom. The molecule has 0 saturated heterocycles. The molecule has 29 heavy (non-hydrogen) atoms. The van der Waals surface area contributed by atoms with Gasteiger partial charge in [-0.25, -0.2) is 0 Å². The second-order valence-corrected chi connectivity index (χ2v) is 8.18. The minimum Gasteiger partial charge on any atom is -0.493 e. The van der Waals surface area contributed by atoms with Crippen molar-refractivity contribution in [2.75, 3.05) is 13.7 Å². The number of aryl methyl sites for hydroxylation is 1. The molecule has 0 saturated carbocycles. The molecule has 0 fully saturated rings. The van der Waals surface area contributed by atoms with Crippen molar-refractivity contribution in [2.24, 2.45) is 0 Å². The van der Waals surface area contributed by atoms with Gasteiger partial charge >= 0.3 is 0 Å². The highest BCUT2D eigenvalue weighted by molar-refractivity contribution is 9.10. The summed E-state index contributed by atoms with van der Waals surface area (Å²) in [5.41, 5.74) is 4.66. The molecule has 3 rings (SSSR count). The third kappa shape index (κ3) is 6.23. The first-order valence-electron chi connectivity index (χ1n) is 9.55. The van der Waals surface area contributed by atoms with Gasteiger partial charge < -0.3 is 14.8 Å². The molecule has 0 radical (unpaired) electrons. The fourth-order valence-electron chi connectivity index (χ4n) is 3.00. The summed E-state index contributed by atoms with van der Waals surface area (Å²) in [7, 11) is 1.67. The van der Waals surface area contributed by atoms with Crippen LogP contribution in [-0.2, 0) is 19.6 Å². The van der Waals surface area contributed by atoms with Crippen LogP contribution in [0.5, 0.6) is 11.5 Å². The van der Waals surface area contributed by atoms with E-state index in [-0.39, 0.29) is 0 Å². The summed E-state index contributed by atoms with van der Waals surface area (Å²) in [6.07, 6.45) is 0.929. The van der Waals surface area contributed by atoms with Gasteiger partial charge in [-0.05, 0) is 55.3 Å². The lowest BCUT2D eigenvalue weighted by Crippen LogP contribution is -2.18. The third-order valence-corrected chi connectivity index (χ3v) is 5.69. The van der Waals surface area contributed by atoms with E-state index < -0.39 is 0 Å². The summed E-state index contributed by atoms with van der Waals surface area (Å²) in [6, 6.07) is 20.2. The summed E-state index contributed by atoms with van der Waals surface area (Å²) in [4.78, 5) is 0. The van der Waals surface area contributed by atoms with Gasteiger partial charge in [-0.3, -0.25) is 0 Å². The average molecular weight is 475 g/mol. The van der Waals surface area contributed by atoms with Crippen LogP contribution in [0.1, 0.15) is 22.3 Å². The van der Waals surface area contributed by atoms with Crippen LogP contribution < -0.4 is 14.8 Å². The van der Waals surface area contributed by atoms with Gasteiger partial charge in [-0.15, -0.1) is 0 Å². The highest BCUT2D eigenvalue weighted by Crippen LogP contribution is 2.36. The van der Waals surface area contributed by atoms with E-state index in [9.17, 15) is 0 Å². The average Bonchev–Trinajstić information content (AvgIpc) is 2.73. The molecule has 3 aromatic rings. The van der Waals surface area contributed by atoms with Crippen LogP contribution in [0.15, 0.2) is 65.1 Å². The molecule has 0 aliphatic rings. The Labute approximate surface area is 186 Å². The maximum atomic E-state index is 6.18. The summed E-state index contributed by atoms with van der Waals surface area (Å²) in [5.74, 6) is 1.50. The second kappa shape index (κ2) is 10.7. The van der Waals surface area contributed by atoms with Gasteiger partial charge in [0.05, 0.1) is 7.11 Å². The van der Waals surface area contributed by atoms with E-state index in [1.165, 1.54) is 11.1 Å². The van der Waals surface area contributed by atoms with E-state index in [0.29, 0.717) is 13.2 Å². The maximum Gasteiger partial charge on any atom is 0.167 e. The van der Waals surface area contributed by atoms with Gasteiger partial charge in [0.15, 0.2) is 11.5 Å². The number of methoxy groups -OCH3 is 1. The Hall–Kier alpha value is -2.01. The first kappa shape index (κ1) is 21.7. The van der Waals surface area contributed by atoms with E-state index in [4.69, 9.17) is 21.1 Å². The standard InChI is InChI=1S/C24H25BrClNO2/c1-17-3-5-19(6-4-17)16-29-24-21(22(25)11-12-23(24)28-2)15-27-14-13-18-7-9-20(26)10-8-18/h3-12,27H,13-16H2,1-2H3. The predicted molar refractivity (Wildman–Crippen MR) is 123 cm³/mol. The molecule has 152 valence electrons. The SMILES string of the molecule is COc1ccc(Br)c(CNCCc2ccc(Cl)cc2)c1OCc1ccc(C)cc1. The monoisotopic (exact) mass is 473 g/mol. The molecule has 0 unspecified atom stereocenters. The first-order valence-corrected chi connectivity index (χ1v) is 10.7. The fraction of sp³-hybridized carbons (Fsp3) is 0.250. The van der Waals surface area contributed by atoms with E-state index in [2.05, 4.69) is 64.6 Å². The molecular formula is C24H25BrClNO2. The van der Waals surface area contributed by atoms with Gasteiger partial charge in [-0.2, -0.15) is 0 Å². The number of nitrogens with one attached hydrogen (secondary N) is 1. The van der Waals surface area contributed by atoms with Crippen molar-refractivity contribution >= 4 is 27.5 Å². The maximum absolute atomic E-state index is 6.18. The Balaban J connectivity index is 1.66. The van der Waals surface area contributed by atoms with Gasteiger partial charge in [0.1, 0.15) is 6.61 Å². The predicted octanol–water partition coefficient (Wildman–Crippen LogP) is 6.33. The largest absolute Gasteiger partial charge is 0.493 e. The van der Waals surface area contributed by atoms with Crippen LogP contribution in [0.2, 0.25) is 5.02 Å². The second-order valence-electron chi connectivity index (χ2n) is 6.88. The number of ether oxygens (including phenoxy) is 2. The van der Waals surface area contributed by atoms with Gasteiger partial charge in [0.2, 0.25) is 0 Å². The molecule has 3 nitrogen and oxygen atoms in total. The number of hydrogen-bond acceptors (Lipinski definition) is 3. The molecule has 0 aliphatic heterocycles. The van der Waals surface area contributed by atoms with Crippen LogP contribution in [-0.4, -0.2) is 13.7 Å². The molecule has 0 atom stereocenters. The zero-order valence-corrected chi connectivity index (χ0v) is 19.0. The van der Waals surface area contributed by atoms with E-state index in [1.807, 2.05) is 24.3 Å². The zero-order chi connectivity index (χ0) is 20.6. The summed E-state index contributed by atoms with van der Waals surface area (Å²) >= 11 is 9.61. The van der Waals surface area contributed by atoms with Crippen molar-refractivity contribution in [3.05, 3.63) is 92.4 Å². The minimum atomic E-state index is 0.491. The lowest BCUT2D eigenvalue weighted by atomic mass is 10.1. The molecule has 0 bridgehead atoms. The molecule has 0 aromatic heterocycles. The lowest BCUT2D eigenvalue weighted by Gasteiger charge is -2.17. The summed E-state index contributed by atoms with van der Waals surface area (Å²) in [5, 5.41) is 4.27. The van der Waals surface area contributed by atoms with E-state index in [1.54, 1.807) is 7.11 Å². The highest BCUT2D eigenvalue weighted by atomic mass is 79.9. The Morgan fingerprint density at radius 3 is 2.31 bits per heavy atom. The smallest absolute Gasteiger partial charge is 0.167 e. The lowest BCUT2D eigenvalue weighted by molar-refractivity contribution is 0.280. The number of benzene rings is 3. The van der Waals surface area contributed by atoms with E-state index in [0.717, 1.165) is 45.1 Å². The van der Waals surface area contributed by atoms with Crippen molar-refractivity contribution in [2.45, 2.75) is 26.5 Å². The van der Waals surface area contributed by atoms with E-state index >= 15 is 0 Å². The molecule has 1 N–H and O–H groups in total. The third-order valence-electron chi connectivity index (χ3n) is 4.70. The van der Waals surface area contributed by atoms with Crippen molar-refractivity contribution in [3.63, 3.8) is 0 Å². The van der Waals surface area contributed by atoms with Gasteiger partial charge in [0.25, 0.3) is 0 Å². The number of halogens is 2. The number of rotatable bonds is 9. The summed E-state index contributed by atoms with van der Waals surface area (Å²) < 4.78 is 12.7. The normalized spacial score (nSPS) is 10.8. The van der Waals surface area contributed by atoms with Crippen molar-refractivity contribution < 1.29 is 9.47 Å². The molecule has 0 heterocycles. The Kier molecular flexibility index (Phi) is 7.99. The van der Waals surface area contributed by atoms with Gasteiger partial charge in [0, 0.05) is 21.6 Å². The van der Waals surface area contributed by atoms with Crippen LogP contribution in [0, 0.1) is 6.92 Å². The summed E-state index contributed by atoms with van der Waals surface area (Å²) in [6.45, 7) is 4.10. The Morgan fingerprint density at radius 2 is 1.62 bits per heavy atom. The topological polar surface area (TPSA) is 30.5 Å².